The number of carbonyl (C=O) groups excluding carboxylic acids is 2. The van der Waals surface area contributed by atoms with Gasteiger partial charge in [0.25, 0.3) is 5.91 Å². The Hall–Kier alpha value is -1.84. The fourth-order valence-corrected chi connectivity index (χ4v) is 3.02. The SMILES string of the molecule is O=C(NC1CCCC1)C1CCN1C(=O)c1ccccc1. The van der Waals surface area contributed by atoms with Crippen molar-refractivity contribution >= 4 is 11.8 Å². The van der Waals surface area contributed by atoms with Crippen LogP contribution in [-0.2, 0) is 4.79 Å². The van der Waals surface area contributed by atoms with Crippen molar-refractivity contribution in [3.63, 3.8) is 0 Å². The van der Waals surface area contributed by atoms with E-state index in [2.05, 4.69) is 5.32 Å². The van der Waals surface area contributed by atoms with Crippen LogP contribution < -0.4 is 5.32 Å². The second-order valence-electron chi connectivity index (χ2n) is 5.66. The van der Waals surface area contributed by atoms with Crippen LogP contribution >= 0.6 is 0 Å². The molecular formula is C16H20N2O2. The van der Waals surface area contributed by atoms with E-state index in [4.69, 9.17) is 0 Å². The van der Waals surface area contributed by atoms with Gasteiger partial charge in [-0.05, 0) is 31.4 Å². The number of carbonyl (C=O) groups is 2. The molecule has 0 radical (unpaired) electrons. The van der Waals surface area contributed by atoms with Crippen LogP contribution in [0.1, 0.15) is 42.5 Å². The largest absolute Gasteiger partial charge is 0.352 e. The molecule has 1 aromatic rings. The number of rotatable bonds is 3. The predicted octanol–water partition coefficient (Wildman–Crippen LogP) is 1.96. The summed E-state index contributed by atoms with van der Waals surface area (Å²) in [5, 5.41) is 3.08. The first kappa shape index (κ1) is 13.2. The molecule has 1 aliphatic carbocycles. The van der Waals surface area contributed by atoms with E-state index in [0.717, 1.165) is 19.3 Å². The van der Waals surface area contributed by atoms with E-state index in [1.54, 1.807) is 17.0 Å². The highest BCUT2D eigenvalue weighted by Crippen LogP contribution is 2.23. The maximum atomic E-state index is 12.3. The molecule has 2 aliphatic rings. The Labute approximate surface area is 119 Å². The van der Waals surface area contributed by atoms with Gasteiger partial charge in [0.2, 0.25) is 5.91 Å². The number of likely N-dealkylation sites (tertiary alicyclic amines) is 1. The highest BCUT2D eigenvalue weighted by Gasteiger charge is 2.38. The first-order valence-corrected chi connectivity index (χ1v) is 7.42. The monoisotopic (exact) mass is 272 g/mol. The topological polar surface area (TPSA) is 49.4 Å². The van der Waals surface area contributed by atoms with Gasteiger partial charge in [-0.25, -0.2) is 0 Å². The van der Waals surface area contributed by atoms with Crippen LogP contribution in [0, 0.1) is 0 Å². The normalized spacial score (nSPS) is 22.4. The molecule has 1 aliphatic heterocycles. The van der Waals surface area contributed by atoms with E-state index < -0.39 is 0 Å². The summed E-state index contributed by atoms with van der Waals surface area (Å²) in [6, 6.07) is 9.22. The summed E-state index contributed by atoms with van der Waals surface area (Å²) in [5.74, 6) is -0.0177. The molecule has 3 rings (SSSR count). The van der Waals surface area contributed by atoms with Crippen molar-refractivity contribution in [3.05, 3.63) is 35.9 Å². The number of benzene rings is 1. The Balaban J connectivity index is 1.61. The lowest BCUT2D eigenvalue weighted by molar-refractivity contribution is -0.129. The Bertz CT molecular complexity index is 494. The Morgan fingerprint density at radius 2 is 1.75 bits per heavy atom. The second kappa shape index (κ2) is 5.65. The van der Waals surface area contributed by atoms with Gasteiger partial charge < -0.3 is 10.2 Å². The number of nitrogens with zero attached hydrogens (tertiary/aromatic N) is 1. The summed E-state index contributed by atoms with van der Waals surface area (Å²) in [6.07, 6.45) is 5.32. The maximum Gasteiger partial charge on any atom is 0.254 e. The first-order valence-electron chi connectivity index (χ1n) is 7.42. The average Bonchev–Trinajstić information content (AvgIpc) is 2.91. The summed E-state index contributed by atoms with van der Waals surface area (Å²) in [4.78, 5) is 26.2. The van der Waals surface area contributed by atoms with Crippen LogP contribution in [0.25, 0.3) is 0 Å². The Morgan fingerprint density at radius 1 is 1.05 bits per heavy atom. The third-order valence-electron chi connectivity index (χ3n) is 4.31. The molecule has 1 unspecified atom stereocenters. The molecular weight excluding hydrogens is 252 g/mol. The highest BCUT2D eigenvalue weighted by molar-refractivity contribution is 5.98. The smallest absolute Gasteiger partial charge is 0.254 e. The third kappa shape index (κ3) is 2.55. The summed E-state index contributed by atoms with van der Waals surface area (Å²) in [6.45, 7) is 0.677. The lowest BCUT2D eigenvalue weighted by atomic mass is 9.99. The van der Waals surface area contributed by atoms with Crippen LogP contribution in [0.4, 0.5) is 0 Å². The molecule has 1 heterocycles. The molecule has 4 nitrogen and oxygen atoms in total. The lowest BCUT2D eigenvalue weighted by Gasteiger charge is -2.40. The molecule has 4 heteroatoms. The minimum atomic E-state index is -0.275. The molecule has 1 saturated heterocycles. The number of nitrogens with one attached hydrogen (secondary N) is 1. The van der Waals surface area contributed by atoms with Gasteiger partial charge in [-0.2, -0.15) is 0 Å². The van der Waals surface area contributed by atoms with Gasteiger partial charge in [-0.15, -0.1) is 0 Å². The standard InChI is InChI=1S/C16H20N2O2/c19-15(17-13-8-4-5-9-13)14-10-11-18(14)16(20)12-6-2-1-3-7-12/h1-3,6-7,13-14H,4-5,8-11H2,(H,17,19). The Morgan fingerprint density at radius 3 is 2.35 bits per heavy atom. The third-order valence-corrected chi connectivity index (χ3v) is 4.31. The minimum absolute atomic E-state index is 0.0208. The number of amides is 2. The van der Waals surface area contributed by atoms with E-state index in [1.165, 1.54) is 12.8 Å². The van der Waals surface area contributed by atoms with Crippen molar-refractivity contribution in [1.29, 1.82) is 0 Å². The number of hydrogen-bond donors (Lipinski definition) is 1. The maximum absolute atomic E-state index is 12.3. The minimum Gasteiger partial charge on any atom is -0.352 e. The molecule has 1 N–H and O–H groups in total. The van der Waals surface area contributed by atoms with Gasteiger partial charge in [-0.1, -0.05) is 31.0 Å². The van der Waals surface area contributed by atoms with Crippen molar-refractivity contribution < 1.29 is 9.59 Å². The van der Waals surface area contributed by atoms with E-state index in [9.17, 15) is 9.59 Å². The quantitative estimate of drug-likeness (QED) is 0.914. The Kier molecular flexibility index (Phi) is 3.72. The molecule has 20 heavy (non-hydrogen) atoms. The first-order chi connectivity index (χ1) is 9.75. The van der Waals surface area contributed by atoms with Gasteiger partial charge in [-0.3, -0.25) is 9.59 Å². The molecule has 0 spiro atoms. The van der Waals surface area contributed by atoms with Crippen LogP contribution in [0.2, 0.25) is 0 Å². The van der Waals surface area contributed by atoms with Crippen LogP contribution in [0.15, 0.2) is 30.3 Å². The second-order valence-corrected chi connectivity index (χ2v) is 5.66. The van der Waals surface area contributed by atoms with E-state index in [-0.39, 0.29) is 17.9 Å². The predicted molar refractivity (Wildman–Crippen MR) is 76.3 cm³/mol. The van der Waals surface area contributed by atoms with Crippen molar-refractivity contribution in [3.8, 4) is 0 Å². The van der Waals surface area contributed by atoms with Crippen molar-refractivity contribution in [2.24, 2.45) is 0 Å². The van der Waals surface area contributed by atoms with E-state index in [1.807, 2.05) is 18.2 Å². The molecule has 1 aromatic carbocycles. The molecule has 2 fully saturated rings. The molecule has 1 atom stereocenters. The van der Waals surface area contributed by atoms with E-state index in [0.29, 0.717) is 18.2 Å². The van der Waals surface area contributed by atoms with Crippen LogP contribution in [0.5, 0.6) is 0 Å². The van der Waals surface area contributed by atoms with Crippen LogP contribution in [-0.4, -0.2) is 35.3 Å². The molecule has 0 bridgehead atoms. The van der Waals surface area contributed by atoms with Gasteiger partial charge in [0.05, 0.1) is 0 Å². The summed E-state index contributed by atoms with van der Waals surface area (Å²) < 4.78 is 0. The molecule has 106 valence electrons. The van der Waals surface area contributed by atoms with Gasteiger partial charge >= 0.3 is 0 Å². The zero-order valence-corrected chi connectivity index (χ0v) is 11.5. The van der Waals surface area contributed by atoms with Crippen molar-refractivity contribution in [1.82, 2.24) is 10.2 Å². The molecule has 2 amide bonds. The lowest BCUT2D eigenvalue weighted by Crippen LogP contribution is -2.59. The molecule has 0 aromatic heterocycles. The van der Waals surface area contributed by atoms with Crippen molar-refractivity contribution in [2.45, 2.75) is 44.2 Å². The van der Waals surface area contributed by atoms with Gasteiger partial charge in [0.1, 0.15) is 6.04 Å². The van der Waals surface area contributed by atoms with Crippen molar-refractivity contribution in [2.75, 3.05) is 6.54 Å². The summed E-state index contributed by atoms with van der Waals surface area (Å²) >= 11 is 0. The van der Waals surface area contributed by atoms with Crippen LogP contribution in [0.3, 0.4) is 0 Å². The summed E-state index contributed by atoms with van der Waals surface area (Å²) in [5.41, 5.74) is 0.658. The van der Waals surface area contributed by atoms with Gasteiger partial charge in [0, 0.05) is 18.2 Å². The summed E-state index contributed by atoms with van der Waals surface area (Å²) in [7, 11) is 0. The highest BCUT2D eigenvalue weighted by atomic mass is 16.2. The van der Waals surface area contributed by atoms with Gasteiger partial charge in [0.15, 0.2) is 0 Å². The zero-order chi connectivity index (χ0) is 13.9. The molecule has 1 saturated carbocycles. The average molecular weight is 272 g/mol. The number of hydrogen-bond acceptors (Lipinski definition) is 2. The zero-order valence-electron chi connectivity index (χ0n) is 11.5. The fourth-order valence-electron chi connectivity index (χ4n) is 3.02. The fraction of sp³-hybridized carbons (Fsp3) is 0.500. The van der Waals surface area contributed by atoms with E-state index >= 15 is 0 Å².